The van der Waals surface area contributed by atoms with Crippen LogP contribution in [0.15, 0.2) is 48.5 Å². The molecule has 2 aliphatic rings. The molecule has 4 rings (SSSR count). The lowest BCUT2D eigenvalue weighted by molar-refractivity contribution is -0.139. The van der Waals surface area contributed by atoms with Crippen LogP contribution in [0.2, 0.25) is 0 Å². The molecule has 0 aromatic heterocycles. The average Bonchev–Trinajstić information content (AvgIpc) is 2.97. The van der Waals surface area contributed by atoms with Gasteiger partial charge in [-0.05, 0) is 11.6 Å². The summed E-state index contributed by atoms with van der Waals surface area (Å²) in [7, 11) is 1.74. The smallest absolute Gasteiger partial charge is 0.321 e. The fourth-order valence-electron chi connectivity index (χ4n) is 4.06. The van der Waals surface area contributed by atoms with Crippen molar-refractivity contribution < 1.29 is 18.4 Å². The van der Waals surface area contributed by atoms with Gasteiger partial charge < -0.3 is 14.7 Å². The highest BCUT2D eigenvalue weighted by Gasteiger charge is 2.48. The number of fused-ring (bicyclic) bond motifs is 1. The summed E-state index contributed by atoms with van der Waals surface area (Å²) in [5.41, 5.74) is 1.24. The summed E-state index contributed by atoms with van der Waals surface area (Å²) in [6, 6.07) is 11.9. The number of nitrogens with zero attached hydrogens (tertiary/aromatic N) is 3. The normalized spacial score (nSPS) is 22.0. The van der Waals surface area contributed by atoms with Crippen molar-refractivity contribution in [1.29, 1.82) is 0 Å². The molecule has 3 amide bonds. The average molecular weight is 385 g/mol. The summed E-state index contributed by atoms with van der Waals surface area (Å²) >= 11 is 0. The van der Waals surface area contributed by atoms with E-state index >= 15 is 0 Å². The molecule has 0 unspecified atom stereocenters. The molecule has 0 radical (unpaired) electrons. The van der Waals surface area contributed by atoms with E-state index in [2.05, 4.69) is 0 Å². The highest BCUT2D eigenvalue weighted by atomic mass is 19.1. The fraction of sp³-hybridized carbons (Fsp3) is 0.333. The van der Waals surface area contributed by atoms with Crippen LogP contribution in [0.1, 0.15) is 11.1 Å². The first-order valence-electron chi connectivity index (χ1n) is 9.24. The lowest BCUT2D eigenvalue weighted by Gasteiger charge is -2.40. The van der Waals surface area contributed by atoms with Gasteiger partial charge in [-0.15, -0.1) is 0 Å². The third kappa shape index (κ3) is 3.32. The Hall–Kier alpha value is -2.96. The van der Waals surface area contributed by atoms with Gasteiger partial charge in [0.2, 0.25) is 5.91 Å². The van der Waals surface area contributed by atoms with E-state index in [0.29, 0.717) is 19.5 Å². The van der Waals surface area contributed by atoms with E-state index in [1.165, 1.54) is 17.0 Å². The zero-order valence-electron chi connectivity index (χ0n) is 15.5. The van der Waals surface area contributed by atoms with E-state index in [1.807, 2.05) is 30.3 Å². The van der Waals surface area contributed by atoms with Crippen molar-refractivity contribution in [3.05, 3.63) is 71.3 Å². The summed E-state index contributed by atoms with van der Waals surface area (Å²) in [6.45, 7) is 0.894. The minimum Gasteiger partial charge on any atom is -0.342 e. The molecule has 0 spiro atoms. The molecule has 7 heteroatoms. The summed E-state index contributed by atoms with van der Waals surface area (Å²) in [5.74, 6) is -1.42. The lowest BCUT2D eigenvalue weighted by atomic mass is 9.99. The van der Waals surface area contributed by atoms with E-state index in [-0.39, 0.29) is 30.1 Å². The van der Waals surface area contributed by atoms with E-state index in [4.69, 9.17) is 0 Å². The molecular weight excluding hydrogens is 364 g/mol. The number of piperazine rings is 1. The largest absolute Gasteiger partial charge is 0.342 e. The first-order valence-corrected chi connectivity index (χ1v) is 9.24. The second-order valence-electron chi connectivity index (χ2n) is 7.38. The molecule has 0 saturated carbocycles. The first kappa shape index (κ1) is 18.4. The Morgan fingerprint density at radius 1 is 1.04 bits per heavy atom. The number of carbonyl (C=O) groups excluding carboxylic acids is 2. The maximum Gasteiger partial charge on any atom is 0.321 e. The number of benzene rings is 2. The van der Waals surface area contributed by atoms with Crippen LogP contribution in [0.3, 0.4) is 0 Å². The molecule has 2 atom stereocenters. The van der Waals surface area contributed by atoms with Gasteiger partial charge in [-0.1, -0.05) is 36.4 Å². The SMILES string of the molecule is CN1C[C@@H]2CN(Cc3ccc(F)cc3F)C(=O)N2[C@@H](Cc2ccccc2)C1=O. The quantitative estimate of drug-likeness (QED) is 0.812. The third-order valence-corrected chi connectivity index (χ3v) is 5.45. The number of likely N-dealkylation sites (N-methyl/N-ethyl adjacent to an activating group) is 1. The van der Waals surface area contributed by atoms with Gasteiger partial charge in [-0.25, -0.2) is 13.6 Å². The Morgan fingerprint density at radius 3 is 2.50 bits per heavy atom. The highest BCUT2D eigenvalue weighted by Crippen LogP contribution is 2.28. The van der Waals surface area contributed by atoms with Crippen LogP contribution >= 0.6 is 0 Å². The number of carbonyl (C=O) groups is 2. The predicted octanol–water partition coefficient (Wildman–Crippen LogP) is 2.65. The number of hydrogen-bond acceptors (Lipinski definition) is 2. The molecule has 28 heavy (non-hydrogen) atoms. The monoisotopic (exact) mass is 385 g/mol. The Morgan fingerprint density at radius 2 is 1.79 bits per heavy atom. The van der Waals surface area contributed by atoms with Crippen molar-refractivity contribution >= 4 is 11.9 Å². The van der Waals surface area contributed by atoms with E-state index in [9.17, 15) is 18.4 Å². The van der Waals surface area contributed by atoms with Crippen molar-refractivity contribution in [1.82, 2.24) is 14.7 Å². The lowest BCUT2D eigenvalue weighted by Crippen LogP contribution is -2.60. The number of hydrogen-bond donors (Lipinski definition) is 0. The molecule has 5 nitrogen and oxygen atoms in total. The fourth-order valence-corrected chi connectivity index (χ4v) is 4.06. The summed E-state index contributed by atoms with van der Waals surface area (Å²) < 4.78 is 27.2. The van der Waals surface area contributed by atoms with Crippen LogP contribution < -0.4 is 0 Å². The van der Waals surface area contributed by atoms with Gasteiger partial charge in [0, 0.05) is 38.2 Å². The minimum atomic E-state index is -0.674. The van der Waals surface area contributed by atoms with Crippen molar-refractivity contribution in [2.24, 2.45) is 0 Å². The number of amides is 3. The van der Waals surface area contributed by atoms with Crippen molar-refractivity contribution in [2.45, 2.75) is 25.0 Å². The maximum absolute atomic E-state index is 14.0. The van der Waals surface area contributed by atoms with Gasteiger partial charge in [-0.2, -0.15) is 0 Å². The molecule has 2 fully saturated rings. The number of halogens is 2. The zero-order valence-corrected chi connectivity index (χ0v) is 15.5. The van der Waals surface area contributed by atoms with Crippen LogP contribution in [0.25, 0.3) is 0 Å². The minimum absolute atomic E-state index is 0.0495. The van der Waals surface area contributed by atoms with Crippen LogP contribution in [-0.2, 0) is 17.8 Å². The molecule has 2 saturated heterocycles. The second kappa shape index (κ2) is 7.22. The van der Waals surface area contributed by atoms with Crippen molar-refractivity contribution in [2.75, 3.05) is 20.1 Å². The van der Waals surface area contributed by atoms with Gasteiger partial charge >= 0.3 is 6.03 Å². The summed E-state index contributed by atoms with van der Waals surface area (Å²) in [6.07, 6.45) is 0.436. The van der Waals surface area contributed by atoms with E-state index in [0.717, 1.165) is 11.6 Å². The van der Waals surface area contributed by atoms with Crippen LogP contribution in [0.5, 0.6) is 0 Å². The van der Waals surface area contributed by atoms with E-state index in [1.54, 1.807) is 16.8 Å². The van der Waals surface area contributed by atoms with Crippen molar-refractivity contribution in [3.8, 4) is 0 Å². The van der Waals surface area contributed by atoms with Crippen LogP contribution in [0, 0.1) is 11.6 Å². The van der Waals surface area contributed by atoms with Crippen LogP contribution in [-0.4, -0.2) is 58.9 Å². The van der Waals surface area contributed by atoms with Gasteiger partial charge in [0.1, 0.15) is 17.7 Å². The van der Waals surface area contributed by atoms with Gasteiger partial charge in [0.05, 0.1) is 12.6 Å². The molecule has 2 aliphatic heterocycles. The molecule has 0 N–H and O–H groups in total. The first-order chi connectivity index (χ1) is 13.4. The van der Waals surface area contributed by atoms with Gasteiger partial charge in [0.15, 0.2) is 0 Å². The number of urea groups is 1. The predicted molar refractivity (Wildman–Crippen MR) is 99.4 cm³/mol. The molecule has 2 aromatic rings. The molecular formula is C21H21F2N3O2. The standard InChI is InChI=1S/C21H21F2N3O2/c1-24-12-17-13-25(11-15-7-8-16(22)10-18(15)23)21(28)26(17)19(20(24)27)9-14-5-3-2-4-6-14/h2-8,10,17,19H,9,11-13H2,1H3/t17-,19+/m1/s1. The second-order valence-corrected chi connectivity index (χ2v) is 7.38. The van der Waals surface area contributed by atoms with Crippen LogP contribution in [0.4, 0.5) is 13.6 Å². The molecule has 146 valence electrons. The Labute approximate surface area is 162 Å². The topological polar surface area (TPSA) is 43.9 Å². The van der Waals surface area contributed by atoms with Gasteiger partial charge in [0.25, 0.3) is 0 Å². The third-order valence-electron chi connectivity index (χ3n) is 5.45. The highest BCUT2D eigenvalue weighted by molar-refractivity contribution is 5.90. The van der Waals surface area contributed by atoms with Crippen molar-refractivity contribution in [3.63, 3.8) is 0 Å². The molecule has 2 heterocycles. The Bertz CT molecular complexity index is 906. The summed E-state index contributed by atoms with van der Waals surface area (Å²) in [4.78, 5) is 30.7. The summed E-state index contributed by atoms with van der Waals surface area (Å²) in [5, 5.41) is 0. The van der Waals surface area contributed by atoms with E-state index < -0.39 is 17.7 Å². The maximum atomic E-state index is 14.0. The Kier molecular flexibility index (Phi) is 4.75. The van der Waals surface area contributed by atoms with Gasteiger partial charge in [-0.3, -0.25) is 4.79 Å². The Balaban J connectivity index is 1.57. The zero-order chi connectivity index (χ0) is 19.8. The molecule has 0 bridgehead atoms. The molecule has 2 aromatic carbocycles. The number of rotatable bonds is 4. The molecule has 0 aliphatic carbocycles.